The highest BCUT2D eigenvalue weighted by Crippen LogP contribution is 2.40. The van der Waals surface area contributed by atoms with Gasteiger partial charge in [-0.25, -0.2) is 0 Å². The summed E-state index contributed by atoms with van der Waals surface area (Å²) < 4.78 is 0. The van der Waals surface area contributed by atoms with E-state index < -0.39 is 0 Å². The van der Waals surface area contributed by atoms with Crippen LogP contribution in [0.5, 0.6) is 5.75 Å². The molecule has 0 aromatic heterocycles. The summed E-state index contributed by atoms with van der Waals surface area (Å²) in [6, 6.07) is 23.9. The zero-order valence-electron chi connectivity index (χ0n) is 11.2. The van der Waals surface area contributed by atoms with Crippen molar-refractivity contribution >= 4 is 43.1 Å². The molecule has 5 aromatic rings. The molecule has 1 N–H and O–H groups in total. The van der Waals surface area contributed by atoms with Gasteiger partial charge in [0.25, 0.3) is 0 Å². The summed E-state index contributed by atoms with van der Waals surface area (Å²) in [6.07, 6.45) is 0. The van der Waals surface area contributed by atoms with Crippen molar-refractivity contribution in [1.29, 1.82) is 0 Å². The number of hydrogen-bond donors (Lipinski definition) is 1. The van der Waals surface area contributed by atoms with Gasteiger partial charge in [0.1, 0.15) is 5.75 Å². The van der Waals surface area contributed by atoms with Crippen LogP contribution in [-0.2, 0) is 0 Å². The van der Waals surface area contributed by atoms with E-state index in [2.05, 4.69) is 48.5 Å². The van der Waals surface area contributed by atoms with Gasteiger partial charge in [-0.05, 0) is 43.8 Å². The largest absolute Gasteiger partial charge is 0.507 e. The van der Waals surface area contributed by atoms with E-state index in [4.69, 9.17) is 0 Å². The number of rotatable bonds is 0. The summed E-state index contributed by atoms with van der Waals surface area (Å²) in [6.45, 7) is 0. The molecule has 0 aliphatic rings. The van der Waals surface area contributed by atoms with Crippen LogP contribution in [0.4, 0.5) is 0 Å². The lowest BCUT2D eigenvalue weighted by molar-refractivity contribution is 0.476. The van der Waals surface area contributed by atoms with Crippen LogP contribution in [0.3, 0.4) is 0 Å². The van der Waals surface area contributed by atoms with Crippen molar-refractivity contribution in [3.05, 3.63) is 66.7 Å². The van der Waals surface area contributed by atoms with E-state index in [9.17, 15) is 5.11 Å². The van der Waals surface area contributed by atoms with Gasteiger partial charge in [0.05, 0.1) is 0 Å². The Morgan fingerprint density at radius 2 is 1.29 bits per heavy atom. The second-order valence-corrected chi connectivity index (χ2v) is 5.51. The fourth-order valence-electron chi connectivity index (χ4n) is 3.54. The molecule has 0 fully saturated rings. The third-order valence-corrected chi connectivity index (χ3v) is 4.36. The lowest BCUT2D eigenvalue weighted by Gasteiger charge is -2.14. The maximum Gasteiger partial charge on any atom is 0.124 e. The molecule has 1 heteroatoms. The van der Waals surface area contributed by atoms with Crippen molar-refractivity contribution in [2.75, 3.05) is 0 Å². The van der Waals surface area contributed by atoms with Gasteiger partial charge in [0.2, 0.25) is 0 Å². The van der Waals surface area contributed by atoms with Gasteiger partial charge >= 0.3 is 0 Å². The molecule has 0 amide bonds. The van der Waals surface area contributed by atoms with Gasteiger partial charge in [-0.1, -0.05) is 54.6 Å². The summed E-state index contributed by atoms with van der Waals surface area (Å²) in [5.74, 6) is 0.200. The van der Waals surface area contributed by atoms with Crippen molar-refractivity contribution in [3.8, 4) is 5.75 Å². The zero-order chi connectivity index (χ0) is 14.0. The van der Waals surface area contributed by atoms with Gasteiger partial charge in [0.15, 0.2) is 0 Å². The Labute approximate surface area is 121 Å². The van der Waals surface area contributed by atoms with Crippen molar-refractivity contribution < 1.29 is 5.11 Å². The predicted molar refractivity (Wildman–Crippen MR) is 88.2 cm³/mol. The maximum absolute atomic E-state index is 10.0. The third kappa shape index (κ3) is 1.30. The quantitative estimate of drug-likeness (QED) is 0.300. The number of benzene rings is 5. The molecule has 5 rings (SSSR count). The average Bonchev–Trinajstić information content (AvgIpc) is 2.51. The lowest BCUT2D eigenvalue weighted by Crippen LogP contribution is -1.86. The summed E-state index contributed by atoms with van der Waals surface area (Å²) in [4.78, 5) is 0. The van der Waals surface area contributed by atoms with Gasteiger partial charge in [-0.3, -0.25) is 0 Å². The molecule has 0 atom stereocenters. The highest BCUT2D eigenvalue weighted by Gasteiger charge is 2.13. The van der Waals surface area contributed by atoms with Crippen molar-refractivity contribution in [2.45, 2.75) is 0 Å². The van der Waals surface area contributed by atoms with Gasteiger partial charge in [-0.2, -0.15) is 0 Å². The molecule has 1 nitrogen and oxygen atoms in total. The van der Waals surface area contributed by atoms with E-state index in [1.54, 1.807) is 6.07 Å². The van der Waals surface area contributed by atoms with E-state index in [1.807, 2.05) is 12.1 Å². The Balaban J connectivity index is 2.29. The Hall–Kier alpha value is -2.80. The molecule has 0 saturated carbocycles. The van der Waals surface area contributed by atoms with E-state index >= 15 is 0 Å². The molecule has 0 saturated heterocycles. The summed E-state index contributed by atoms with van der Waals surface area (Å²) in [5.41, 5.74) is 0. The maximum atomic E-state index is 10.0. The smallest absolute Gasteiger partial charge is 0.124 e. The van der Waals surface area contributed by atoms with Crippen LogP contribution in [0, 0.1) is 6.07 Å². The van der Waals surface area contributed by atoms with Crippen molar-refractivity contribution in [1.82, 2.24) is 0 Å². The molecule has 21 heavy (non-hydrogen) atoms. The first kappa shape index (κ1) is 10.9. The van der Waals surface area contributed by atoms with E-state index in [-0.39, 0.29) is 5.75 Å². The van der Waals surface area contributed by atoms with Crippen LogP contribution in [-0.4, -0.2) is 5.11 Å². The standard InChI is InChI=1S/C20H11O/c21-14-10-13-6-3-8-16-15-7-1-4-12-5-2-9-17(19(12)15)18(11-14)20(13)16/h1-10,21H. The average molecular weight is 267 g/mol. The molecule has 0 heterocycles. The molecular formula is C20H11O. The van der Waals surface area contributed by atoms with E-state index in [0.29, 0.717) is 0 Å². The molecule has 5 aromatic carbocycles. The second-order valence-electron chi connectivity index (χ2n) is 5.51. The van der Waals surface area contributed by atoms with Crippen LogP contribution in [0.1, 0.15) is 0 Å². The third-order valence-electron chi connectivity index (χ3n) is 4.36. The first-order valence-corrected chi connectivity index (χ1v) is 7.03. The fraction of sp³-hybridized carbons (Fsp3) is 0. The highest BCUT2D eigenvalue weighted by molar-refractivity contribution is 6.32. The van der Waals surface area contributed by atoms with Crippen LogP contribution in [0.15, 0.2) is 60.7 Å². The topological polar surface area (TPSA) is 20.2 Å². The Morgan fingerprint density at radius 3 is 2.05 bits per heavy atom. The zero-order valence-corrected chi connectivity index (χ0v) is 11.2. The SMILES string of the molecule is Oc1[c]c2c3cccc4cccc(c5cccc(c1)c25)c43. The molecular weight excluding hydrogens is 256 g/mol. The fourth-order valence-corrected chi connectivity index (χ4v) is 3.54. The molecule has 0 spiro atoms. The van der Waals surface area contributed by atoms with Crippen LogP contribution < -0.4 is 0 Å². The number of aromatic hydroxyl groups is 1. The highest BCUT2D eigenvalue weighted by atomic mass is 16.3. The Morgan fingerprint density at radius 1 is 0.667 bits per heavy atom. The number of hydrogen-bond acceptors (Lipinski definition) is 1. The lowest BCUT2D eigenvalue weighted by atomic mass is 9.90. The molecule has 0 aliphatic carbocycles. The number of phenolic OH excluding ortho intramolecular Hbond substituents is 1. The second kappa shape index (κ2) is 3.64. The Bertz CT molecular complexity index is 1130. The van der Waals surface area contributed by atoms with Crippen LogP contribution >= 0.6 is 0 Å². The van der Waals surface area contributed by atoms with Gasteiger partial charge in [-0.15, -0.1) is 0 Å². The summed E-state index contributed by atoms with van der Waals surface area (Å²) in [5, 5.41) is 19.4. The van der Waals surface area contributed by atoms with E-state index in [0.717, 1.165) is 16.2 Å². The first-order valence-electron chi connectivity index (χ1n) is 7.03. The van der Waals surface area contributed by atoms with Crippen molar-refractivity contribution in [3.63, 3.8) is 0 Å². The number of phenols is 1. The summed E-state index contributed by atoms with van der Waals surface area (Å²) >= 11 is 0. The monoisotopic (exact) mass is 267 g/mol. The molecule has 97 valence electrons. The van der Waals surface area contributed by atoms with Crippen LogP contribution in [0.25, 0.3) is 43.1 Å². The predicted octanol–water partition coefficient (Wildman–Crippen LogP) is 5.24. The minimum atomic E-state index is 0.200. The molecule has 0 aliphatic heterocycles. The molecule has 0 unspecified atom stereocenters. The molecule has 1 radical (unpaired) electrons. The normalized spacial score (nSPS) is 12.0. The van der Waals surface area contributed by atoms with Gasteiger partial charge in [0, 0.05) is 11.5 Å². The first-order chi connectivity index (χ1) is 10.3. The van der Waals surface area contributed by atoms with Crippen molar-refractivity contribution in [2.24, 2.45) is 0 Å². The van der Waals surface area contributed by atoms with Gasteiger partial charge < -0.3 is 5.11 Å². The summed E-state index contributed by atoms with van der Waals surface area (Å²) in [7, 11) is 0. The number of fused-ring (bicyclic) bond motifs is 2. The Kier molecular flexibility index (Phi) is 1.90. The van der Waals surface area contributed by atoms with E-state index in [1.165, 1.54) is 26.9 Å². The van der Waals surface area contributed by atoms with Crippen LogP contribution in [0.2, 0.25) is 0 Å². The molecule has 0 bridgehead atoms. The minimum Gasteiger partial charge on any atom is -0.507 e. The minimum absolute atomic E-state index is 0.200.